The van der Waals surface area contributed by atoms with E-state index in [0.29, 0.717) is 5.52 Å². The average molecular weight is 688 g/mol. The second-order valence-electron chi connectivity index (χ2n) is 10.3. The van der Waals surface area contributed by atoms with Crippen molar-refractivity contribution in [3.63, 3.8) is 0 Å². The maximum Gasteiger partial charge on any atom is 0.472 e. The number of carbonyl (C=O) groups excluding carboxylic acids is 1. The zero-order valence-corrected chi connectivity index (χ0v) is 25.3. The predicted octanol–water partition coefficient (Wildman–Crippen LogP) is 0.610. The molecule has 240 valence electrons. The number of hydrogen-bond donors (Lipinski definition) is 4. The summed E-state index contributed by atoms with van der Waals surface area (Å²) in [6.07, 6.45) is -7.38. The number of nitrogens with zero attached hydrogens (tertiary/aromatic N) is 7. The van der Waals surface area contributed by atoms with Gasteiger partial charge in [-0.25, -0.2) is 28.6 Å². The van der Waals surface area contributed by atoms with Crippen LogP contribution in [0.3, 0.4) is 0 Å². The number of carbonyl (C=O) groups is 1. The minimum absolute atomic E-state index is 0.0142. The minimum Gasteiger partial charge on any atom is -0.382 e. The smallest absolute Gasteiger partial charge is 0.382 e. The molecule has 3 aliphatic heterocycles. The first-order valence-electron chi connectivity index (χ1n) is 13.2. The van der Waals surface area contributed by atoms with Crippen molar-refractivity contribution < 1.29 is 51.1 Å². The summed E-state index contributed by atoms with van der Waals surface area (Å²) in [5, 5.41) is 8.12. The number of amides is 1. The molecule has 3 saturated heterocycles. The molecule has 1 aromatic carbocycles. The number of halogens is 1. The van der Waals surface area contributed by atoms with Crippen LogP contribution in [0.25, 0.3) is 22.2 Å². The van der Waals surface area contributed by atoms with Crippen molar-refractivity contribution in [3.05, 3.63) is 36.4 Å². The van der Waals surface area contributed by atoms with E-state index >= 15 is 4.39 Å². The standard InChI is InChI=1S/C22H24FN9O10P2S/c23-14-17-13(40-22(14)31-8-28-16-18(24)26-7-27-20(16)31)6-38-44(36,45)41-12-4-9(5-37-43(34,35)42-17)39-21(12)32-11-3-1-2-10(19(25)33)15(11)29-30-32/h1-3,7-9,12-14,17,21-22H,4-6H2,(H2,25,33)(H,34,35)(H,36,45)(H2,24,26,27)/t9-,12+,13+,14+,17+,21+,22+,44?/m0/s1. The van der Waals surface area contributed by atoms with Crippen molar-refractivity contribution in [1.29, 1.82) is 0 Å². The number of fused-ring (bicyclic) bond motifs is 5. The van der Waals surface area contributed by atoms with E-state index in [1.807, 2.05) is 0 Å². The summed E-state index contributed by atoms with van der Waals surface area (Å²) in [6.45, 7) is -5.25. The molecule has 23 heteroatoms. The van der Waals surface area contributed by atoms with Gasteiger partial charge < -0.3 is 39.8 Å². The Bertz CT molecular complexity index is 1900. The van der Waals surface area contributed by atoms with Crippen LogP contribution in [0.15, 0.2) is 30.9 Å². The molecule has 0 aliphatic carbocycles. The molecular formula is C22H24FN9O10P2S. The van der Waals surface area contributed by atoms with Gasteiger partial charge in [0.2, 0.25) is 0 Å². The lowest BCUT2D eigenvalue weighted by molar-refractivity contribution is -0.0663. The Kier molecular flexibility index (Phi) is 7.69. The van der Waals surface area contributed by atoms with Crippen LogP contribution >= 0.6 is 14.5 Å². The monoisotopic (exact) mass is 687 g/mol. The number of anilines is 1. The lowest BCUT2D eigenvalue weighted by atomic mass is 10.1. The molecule has 9 atom stereocenters. The van der Waals surface area contributed by atoms with Crippen LogP contribution in [0.1, 0.15) is 29.2 Å². The molecule has 0 saturated carbocycles. The van der Waals surface area contributed by atoms with Crippen molar-refractivity contribution >= 4 is 60.3 Å². The summed E-state index contributed by atoms with van der Waals surface area (Å²) in [7, 11) is -4.95. The van der Waals surface area contributed by atoms with E-state index in [1.54, 1.807) is 12.1 Å². The van der Waals surface area contributed by atoms with Crippen LogP contribution in [-0.2, 0) is 43.9 Å². The highest BCUT2D eigenvalue weighted by Crippen LogP contribution is 2.54. The number of benzene rings is 1. The van der Waals surface area contributed by atoms with Crippen molar-refractivity contribution in [2.24, 2.45) is 5.73 Å². The quantitative estimate of drug-likeness (QED) is 0.215. The van der Waals surface area contributed by atoms with Gasteiger partial charge in [0.1, 0.15) is 35.7 Å². The van der Waals surface area contributed by atoms with Crippen LogP contribution in [-0.4, -0.2) is 94.0 Å². The number of ether oxygens (including phenoxy) is 2. The molecule has 0 radical (unpaired) electrons. The molecule has 3 fully saturated rings. The van der Waals surface area contributed by atoms with Gasteiger partial charge in [0, 0.05) is 6.42 Å². The predicted molar refractivity (Wildman–Crippen MR) is 151 cm³/mol. The molecule has 6 N–H and O–H groups in total. The van der Waals surface area contributed by atoms with Gasteiger partial charge in [-0.15, -0.1) is 5.10 Å². The van der Waals surface area contributed by atoms with Gasteiger partial charge in [0.05, 0.1) is 36.7 Å². The summed E-state index contributed by atoms with van der Waals surface area (Å²) in [4.78, 5) is 45.6. The number of alkyl halides is 1. The largest absolute Gasteiger partial charge is 0.472 e. The second kappa shape index (κ2) is 11.3. The summed E-state index contributed by atoms with van der Waals surface area (Å²) in [5.41, 5.74) is 12.3. The van der Waals surface area contributed by atoms with Gasteiger partial charge in [-0.2, -0.15) is 0 Å². The number of nitrogen functional groups attached to an aromatic ring is 1. The van der Waals surface area contributed by atoms with Crippen molar-refractivity contribution in [2.75, 3.05) is 18.9 Å². The summed E-state index contributed by atoms with van der Waals surface area (Å²) in [6, 6.07) is 4.65. The summed E-state index contributed by atoms with van der Waals surface area (Å²) < 4.78 is 65.2. The van der Waals surface area contributed by atoms with Crippen LogP contribution < -0.4 is 11.5 Å². The van der Waals surface area contributed by atoms with E-state index < -0.39 is 76.7 Å². The minimum atomic E-state index is -4.95. The summed E-state index contributed by atoms with van der Waals surface area (Å²) >= 11 is 5.26. The zero-order valence-electron chi connectivity index (χ0n) is 22.7. The van der Waals surface area contributed by atoms with Crippen molar-refractivity contribution in [1.82, 2.24) is 34.5 Å². The van der Waals surface area contributed by atoms with Crippen molar-refractivity contribution in [2.45, 2.75) is 49.5 Å². The lowest BCUT2D eigenvalue weighted by Crippen LogP contribution is -2.34. The Morgan fingerprint density at radius 3 is 2.69 bits per heavy atom. The van der Waals surface area contributed by atoms with E-state index in [0.717, 1.165) is 6.33 Å². The third-order valence-corrected chi connectivity index (χ3v) is 10.0. The second-order valence-corrected chi connectivity index (χ2v) is 14.5. The van der Waals surface area contributed by atoms with Gasteiger partial charge in [-0.05, 0) is 23.9 Å². The number of nitrogens with two attached hydrogens (primary N) is 2. The molecule has 45 heavy (non-hydrogen) atoms. The maximum absolute atomic E-state index is 15.9. The topological polar surface area (TPSA) is 256 Å². The fourth-order valence-corrected chi connectivity index (χ4v) is 7.87. The van der Waals surface area contributed by atoms with Crippen LogP contribution in [0.5, 0.6) is 0 Å². The molecule has 2 bridgehead atoms. The highest BCUT2D eigenvalue weighted by atomic mass is 32.5. The third kappa shape index (κ3) is 5.63. The third-order valence-electron chi connectivity index (χ3n) is 7.43. The molecule has 1 amide bonds. The molecule has 3 aromatic heterocycles. The molecule has 0 spiro atoms. The fraction of sp³-hybridized carbons (Fsp3) is 0.455. The first kappa shape index (κ1) is 30.6. The SMILES string of the molecule is NC(=O)c1cccc2c1nnn2[C@@H]1O[C@@H]2COP(=O)(O)O[C@H]3[C@@H](F)[C@H](n4cnc5c(N)ncnc54)O[C@@H]3COP(O)(=S)O[C@@H]1C2. The molecule has 7 rings (SSSR count). The number of hydrogen-bond acceptors (Lipinski definition) is 15. The Labute approximate surface area is 256 Å². The number of aromatic nitrogens is 7. The zero-order chi connectivity index (χ0) is 31.7. The van der Waals surface area contributed by atoms with E-state index in [4.69, 9.17) is 50.8 Å². The number of rotatable bonds is 3. The van der Waals surface area contributed by atoms with Crippen LogP contribution in [0, 0.1) is 0 Å². The van der Waals surface area contributed by atoms with Crippen LogP contribution in [0.4, 0.5) is 10.2 Å². The Balaban J connectivity index is 1.18. The number of phosphoric ester groups is 1. The first-order chi connectivity index (χ1) is 21.4. The summed E-state index contributed by atoms with van der Waals surface area (Å²) in [5.74, 6) is -0.682. The maximum atomic E-state index is 15.9. The van der Waals surface area contributed by atoms with Gasteiger partial charge in [-0.3, -0.25) is 18.4 Å². The van der Waals surface area contributed by atoms with E-state index in [9.17, 15) is 19.1 Å². The molecule has 3 aliphatic rings. The van der Waals surface area contributed by atoms with Gasteiger partial charge in [-0.1, -0.05) is 11.3 Å². The molecule has 6 heterocycles. The van der Waals surface area contributed by atoms with Gasteiger partial charge in [0.15, 0.2) is 30.1 Å². The average Bonchev–Trinajstić information content (AvgIpc) is 3.76. The Hall–Kier alpha value is -3.07. The Morgan fingerprint density at radius 2 is 1.89 bits per heavy atom. The molecular weight excluding hydrogens is 663 g/mol. The lowest BCUT2D eigenvalue weighted by Gasteiger charge is -2.26. The fourth-order valence-electron chi connectivity index (χ4n) is 5.45. The highest BCUT2D eigenvalue weighted by Gasteiger charge is 2.52. The number of primary amides is 1. The van der Waals surface area contributed by atoms with Gasteiger partial charge in [0.25, 0.3) is 5.91 Å². The number of imidazole rings is 1. The normalized spacial score (nSPS) is 35.9. The van der Waals surface area contributed by atoms with E-state index in [1.165, 1.54) is 21.6 Å². The van der Waals surface area contributed by atoms with Crippen molar-refractivity contribution in [3.8, 4) is 0 Å². The van der Waals surface area contributed by atoms with Gasteiger partial charge >= 0.3 is 14.5 Å². The van der Waals surface area contributed by atoms with Crippen LogP contribution in [0.2, 0.25) is 0 Å². The van der Waals surface area contributed by atoms with E-state index in [2.05, 4.69) is 25.3 Å². The Morgan fingerprint density at radius 1 is 1.07 bits per heavy atom. The number of phosphoric acid groups is 1. The molecule has 19 nitrogen and oxygen atoms in total. The first-order valence-corrected chi connectivity index (χ1v) is 17.3. The molecule has 4 aromatic rings. The highest BCUT2D eigenvalue weighted by molar-refractivity contribution is 8.07. The molecule has 2 unspecified atom stereocenters. The van der Waals surface area contributed by atoms with E-state index in [-0.39, 0.29) is 34.5 Å².